The highest BCUT2D eigenvalue weighted by Gasteiger charge is 2.28. The Kier molecular flexibility index (Phi) is 2.04. The van der Waals surface area contributed by atoms with Gasteiger partial charge in [0.15, 0.2) is 0 Å². The third kappa shape index (κ3) is 1.41. The zero-order valence-corrected chi connectivity index (χ0v) is 6.41. The van der Waals surface area contributed by atoms with Crippen molar-refractivity contribution < 1.29 is 9.53 Å². The Hall–Kier alpha value is -0.140. The second kappa shape index (κ2) is 2.63. The van der Waals surface area contributed by atoms with Gasteiger partial charge in [-0.15, -0.1) is 9.24 Å². The van der Waals surface area contributed by atoms with E-state index in [0.717, 1.165) is 0 Å². The van der Waals surface area contributed by atoms with Crippen LogP contribution in [-0.2, 0) is 9.53 Å². The van der Waals surface area contributed by atoms with E-state index in [1.54, 1.807) is 0 Å². The molecule has 0 radical (unpaired) electrons. The van der Waals surface area contributed by atoms with Gasteiger partial charge in [0.2, 0.25) is 0 Å². The Morgan fingerprint density at radius 1 is 2.00 bits per heavy atom. The van der Waals surface area contributed by atoms with Crippen molar-refractivity contribution in [2.24, 2.45) is 0 Å². The molecule has 0 aliphatic carbocycles. The molecule has 1 aliphatic heterocycles. The number of nitrogens with one attached hydrogen (secondary N) is 1. The van der Waals surface area contributed by atoms with Gasteiger partial charge in [0, 0.05) is 0 Å². The summed E-state index contributed by atoms with van der Waals surface area (Å²) in [5.74, 6) is -0.141. The van der Waals surface area contributed by atoms with E-state index >= 15 is 0 Å². The lowest BCUT2D eigenvalue weighted by molar-refractivity contribution is -0.139. The SMILES string of the molecule is CC(P)C1NCOC1=O. The number of hydrogen-bond donors (Lipinski definition) is 1. The molecule has 0 bridgehead atoms. The van der Waals surface area contributed by atoms with Crippen LogP contribution in [0, 0.1) is 0 Å². The van der Waals surface area contributed by atoms with Crippen LogP contribution in [0.2, 0.25) is 0 Å². The average Bonchev–Trinajstić information content (AvgIpc) is 2.13. The minimum Gasteiger partial charge on any atom is -0.449 e. The van der Waals surface area contributed by atoms with Crippen LogP contribution in [0.15, 0.2) is 0 Å². The van der Waals surface area contributed by atoms with E-state index < -0.39 is 0 Å². The topological polar surface area (TPSA) is 38.3 Å². The lowest BCUT2D eigenvalue weighted by Gasteiger charge is -2.07. The predicted octanol–water partition coefficient (Wildman–Crippen LogP) is -0.278. The van der Waals surface area contributed by atoms with Gasteiger partial charge in [-0.2, -0.15) is 0 Å². The van der Waals surface area contributed by atoms with E-state index in [9.17, 15) is 4.79 Å². The summed E-state index contributed by atoms with van der Waals surface area (Å²) in [4.78, 5) is 10.7. The molecule has 1 saturated heterocycles. The van der Waals surface area contributed by atoms with Gasteiger partial charge < -0.3 is 4.74 Å². The molecule has 1 aliphatic rings. The van der Waals surface area contributed by atoms with Gasteiger partial charge in [-0.1, -0.05) is 6.92 Å². The van der Waals surface area contributed by atoms with E-state index in [2.05, 4.69) is 19.3 Å². The fourth-order valence-corrected chi connectivity index (χ4v) is 1.07. The Labute approximate surface area is 56.3 Å². The van der Waals surface area contributed by atoms with Gasteiger partial charge in [0.25, 0.3) is 0 Å². The van der Waals surface area contributed by atoms with Crippen molar-refractivity contribution >= 4 is 15.2 Å². The first kappa shape index (κ1) is 6.97. The number of ether oxygens (including phenoxy) is 1. The van der Waals surface area contributed by atoms with Gasteiger partial charge in [-0.05, 0) is 5.66 Å². The van der Waals surface area contributed by atoms with Crippen molar-refractivity contribution in [3.8, 4) is 0 Å². The second-order valence-electron chi connectivity index (χ2n) is 2.15. The summed E-state index contributed by atoms with van der Waals surface area (Å²) in [6.45, 7) is 2.32. The third-order valence-electron chi connectivity index (χ3n) is 1.30. The van der Waals surface area contributed by atoms with E-state index in [1.165, 1.54) is 0 Å². The summed E-state index contributed by atoms with van der Waals surface area (Å²) in [5, 5.41) is 2.91. The standard InChI is InChI=1S/C5H10NO2P/c1-3(9)4-5(7)8-2-6-4/h3-4,6H,2,9H2,1H3. The summed E-state index contributed by atoms with van der Waals surface area (Å²) in [6, 6.07) is -0.116. The smallest absolute Gasteiger partial charge is 0.325 e. The maximum absolute atomic E-state index is 10.7. The maximum atomic E-state index is 10.7. The van der Waals surface area contributed by atoms with Crippen molar-refractivity contribution in [2.75, 3.05) is 6.73 Å². The highest BCUT2D eigenvalue weighted by molar-refractivity contribution is 7.17. The molecule has 0 spiro atoms. The van der Waals surface area contributed by atoms with Crippen LogP contribution < -0.4 is 5.32 Å². The number of rotatable bonds is 1. The summed E-state index contributed by atoms with van der Waals surface area (Å²) in [5.41, 5.74) is 0.250. The van der Waals surface area contributed by atoms with Crippen LogP contribution in [-0.4, -0.2) is 24.4 Å². The molecule has 1 N–H and O–H groups in total. The fraction of sp³-hybridized carbons (Fsp3) is 0.800. The van der Waals surface area contributed by atoms with Crippen LogP contribution in [0.1, 0.15) is 6.92 Å². The van der Waals surface area contributed by atoms with E-state index in [-0.39, 0.29) is 17.7 Å². The van der Waals surface area contributed by atoms with Crippen LogP contribution >= 0.6 is 9.24 Å². The molecule has 0 aromatic carbocycles. The molecular formula is C5H10NO2P. The molecule has 0 aromatic rings. The third-order valence-corrected chi connectivity index (χ3v) is 1.68. The molecule has 0 saturated carbocycles. The molecular weight excluding hydrogens is 137 g/mol. The van der Waals surface area contributed by atoms with Gasteiger partial charge >= 0.3 is 5.97 Å². The van der Waals surface area contributed by atoms with Crippen LogP contribution in [0.3, 0.4) is 0 Å². The molecule has 0 aromatic heterocycles. The number of hydrogen-bond acceptors (Lipinski definition) is 3. The maximum Gasteiger partial charge on any atom is 0.325 e. The predicted molar refractivity (Wildman–Crippen MR) is 37.1 cm³/mol. The van der Waals surface area contributed by atoms with Crippen molar-refractivity contribution in [1.82, 2.24) is 5.32 Å². The van der Waals surface area contributed by atoms with Gasteiger partial charge in [0.1, 0.15) is 12.8 Å². The average molecular weight is 147 g/mol. The summed E-state index contributed by atoms with van der Waals surface area (Å²) in [7, 11) is 2.56. The van der Waals surface area contributed by atoms with Crippen molar-refractivity contribution in [1.29, 1.82) is 0 Å². The fourth-order valence-electron chi connectivity index (χ4n) is 0.776. The molecule has 1 rings (SSSR count). The van der Waals surface area contributed by atoms with E-state index in [0.29, 0.717) is 6.73 Å². The first-order chi connectivity index (χ1) is 4.22. The Morgan fingerprint density at radius 3 is 2.89 bits per heavy atom. The molecule has 4 heteroatoms. The van der Waals surface area contributed by atoms with Crippen molar-refractivity contribution in [3.05, 3.63) is 0 Å². The molecule has 1 heterocycles. The summed E-state index contributed by atoms with van der Waals surface area (Å²) in [6.07, 6.45) is 0. The van der Waals surface area contributed by atoms with Crippen LogP contribution in [0.5, 0.6) is 0 Å². The Bertz CT molecular complexity index is 126. The highest BCUT2D eigenvalue weighted by atomic mass is 31.0. The molecule has 9 heavy (non-hydrogen) atoms. The highest BCUT2D eigenvalue weighted by Crippen LogP contribution is 2.09. The minimum atomic E-state index is -0.141. The molecule has 0 amide bonds. The minimum absolute atomic E-state index is 0.116. The molecule has 3 atom stereocenters. The molecule has 3 nitrogen and oxygen atoms in total. The molecule has 1 fully saturated rings. The Morgan fingerprint density at radius 2 is 2.67 bits per heavy atom. The van der Waals surface area contributed by atoms with Gasteiger partial charge in [-0.25, -0.2) is 0 Å². The Balaban J connectivity index is 2.49. The monoisotopic (exact) mass is 147 g/mol. The quantitative estimate of drug-likeness (QED) is 0.409. The largest absolute Gasteiger partial charge is 0.449 e. The van der Waals surface area contributed by atoms with E-state index in [1.807, 2.05) is 6.92 Å². The van der Waals surface area contributed by atoms with Crippen LogP contribution in [0.4, 0.5) is 0 Å². The van der Waals surface area contributed by atoms with Crippen LogP contribution in [0.25, 0.3) is 0 Å². The zero-order valence-electron chi connectivity index (χ0n) is 5.26. The summed E-state index contributed by atoms with van der Waals surface area (Å²) >= 11 is 0. The number of carbonyl (C=O) groups is 1. The lowest BCUT2D eigenvalue weighted by atomic mass is 10.2. The summed E-state index contributed by atoms with van der Waals surface area (Å²) < 4.78 is 4.66. The van der Waals surface area contributed by atoms with Crippen molar-refractivity contribution in [2.45, 2.75) is 18.6 Å². The lowest BCUT2D eigenvalue weighted by Crippen LogP contribution is -2.34. The molecule has 52 valence electrons. The van der Waals surface area contributed by atoms with Crippen molar-refractivity contribution in [3.63, 3.8) is 0 Å². The zero-order chi connectivity index (χ0) is 6.85. The van der Waals surface area contributed by atoms with Gasteiger partial charge in [0.05, 0.1) is 0 Å². The number of cyclic esters (lactones) is 1. The van der Waals surface area contributed by atoms with Gasteiger partial charge in [-0.3, -0.25) is 10.1 Å². The normalized spacial score (nSPS) is 30.0. The first-order valence-corrected chi connectivity index (χ1v) is 3.54. The van der Waals surface area contributed by atoms with E-state index in [4.69, 9.17) is 0 Å². The number of carbonyl (C=O) groups excluding carboxylic acids is 1. The number of esters is 1. The second-order valence-corrected chi connectivity index (χ2v) is 3.20. The molecule has 3 unspecified atom stereocenters. The first-order valence-electron chi connectivity index (χ1n) is 2.87.